The highest BCUT2D eigenvalue weighted by molar-refractivity contribution is 6.31. The molecule has 0 aliphatic carbocycles. The van der Waals surface area contributed by atoms with Gasteiger partial charge in [0.05, 0.1) is 17.2 Å². The van der Waals surface area contributed by atoms with Crippen molar-refractivity contribution >= 4 is 41.5 Å². The third-order valence-corrected chi connectivity index (χ3v) is 4.39. The van der Waals surface area contributed by atoms with E-state index in [9.17, 15) is 9.59 Å². The van der Waals surface area contributed by atoms with Crippen LogP contribution in [0.25, 0.3) is 0 Å². The van der Waals surface area contributed by atoms with E-state index in [2.05, 4.69) is 10.6 Å². The summed E-state index contributed by atoms with van der Waals surface area (Å²) in [5, 5.41) is 6.03. The number of halogens is 2. The molecule has 2 aromatic carbocycles. The first kappa shape index (κ1) is 23.0. The highest BCUT2D eigenvalue weighted by Gasteiger charge is 2.23. The molecule has 0 heterocycles. The normalized spacial score (nSPS) is 12.4. The number of amides is 2. The van der Waals surface area contributed by atoms with Crippen LogP contribution in [0.2, 0.25) is 5.02 Å². The fraction of sp³-hybridized carbons (Fsp3) is 0.300. The van der Waals surface area contributed by atoms with E-state index >= 15 is 0 Å². The third kappa shape index (κ3) is 6.24. The van der Waals surface area contributed by atoms with Gasteiger partial charge in [0.15, 0.2) is 0 Å². The largest absolute Gasteiger partial charge is 0.352 e. The van der Waals surface area contributed by atoms with Crippen molar-refractivity contribution in [1.82, 2.24) is 5.32 Å². The zero-order valence-corrected chi connectivity index (χ0v) is 16.9. The molecule has 0 fully saturated rings. The van der Waals surface area contributed by atoms with Crippen LogP contribution in [0.15, 0.2) is 48.5 Å². The molecule has 146 valence electrons. The topological polar surface area (TPSA) is 84.2 Å². The molecule has 0 saturated carbocycles. The quantitative estimate of drug-likeness (QED) is 0.641. The van der Waals surface area contributed by atoms with Crippen molar-refractivity contribution in [2.45, 2.75) is 26.3 Å². The van der Waals surface area contributed by atoms with Crippen molar-refractivity contribution in [3.8, 4) is 0 Å². The lowest BCUT2D eigenvalue weighted by molar-refractivity contribution is -0.120. The van der Waals surface area contributed by atoms with Crippen LogP contribution in [-0.4, -0.2) is 18.4 Å². The Morgan fingerprint density at radius 1 is 1.15 bits per heavy atom. The smallest absolute Gasteiger partial charge is 0.253 e. The van der Waals surface area contributed by atoms with Crippen molar-refractivity contribution in [3.63, 3.8) is 0 Å². The molecule has 0 aliphatic rings. The summed E-state index contributed by atoms with van der Waals surface area (Å²) < 4.78 is 0. The van der Waals surface area contributed by atoms with Crippen molar-refractivity contribution in [2.75, 3.05) is 11.9 Å². The van der Waals surface area contributed by atoms with Crippen molar-refractivity contribution in [1.29, 1.82) is 0 Å². The molecule has 2 unspecified atom stereocenters. The summed E-state index contributed by atoms with van der Waals surface area (Å²) in [6.45, 7) is 4.29. The maximum atomic E-state index is 12.7. The second kappa shape index (κ2) is 10.9. The minimum atomic E-state index is -0.483. The van der Waals surface area contributed by atoms with Gasteiger partial charge in [-0.25, -0.2) is 0 Å². The third-order valence-electron chi connectivity index (χ3n) is 4.16. The predicted octanol–water partition coefficient (Wildman–Crippen LogP) is 4.18. The first-order valence-corrected chi connectivity index (χ1v) is 9.01. The Morgan fingerprint density at radius 3 is 2.44 bits per heavy atom. The Morgan fingerprint density at radius 2 is 1.81 bits per heavy atom. The molecule has 0 saturated heterocycles. The zero-order chi connectivity index (χ0) is 19.1. The average molecular weight is 410 g/mol. The number of nitrogens with two attached hydrogens (primary N) is 1. The minimum Gasteiger partial charge on any atom is -0.352 e. The highest BCUT2D eigenvalue weighted by atomic mass is 35.5. The lowest BCUT2D eigenvalue weighted by Crippen LogP contribution is -2.32. The molecular weight excluding hydrogens is 385 g/mol. The Balaban J connectivity index is 0.00000364. The number of anilines is 1. The Labute approximate surface area is 171 Å². The van der Waals surface area contributed by atoms with Crippen molar-refractivity contribution in [2.24, 2.45) is 11.7 Å². The second-order valence-electron chi connectivity index (χ2n) is 6.16. The monoisotopic (exact) mass is 409 g/mol. The second-order valence-corrected chi connectivity index (χ2v) is 6.60. The van der Waals surface area contributed by atoms with Gasteiger partial charge >= 0.3 is 0 Å². The van der Waals surface area contributed by atoms with E-state index in [-0.39, 0.29) is 24.2 Å². The van der Waals surface area contributed by atoms with Crippen LogP contribution < -0.4 is 16.4 Å². The molecule has 0 radical (unpaired) electrons. The first-order valence-electron chi connectivity index (χ1n) is 8.63. The van der Waals surface area contributed by atoms with Crippen LogP contribution in [0.3, 0.4) is 0 Å². The van der Waals surface area contributed by atoms with Gasteiger partial charge in [-0.2, -0.15) is 0 Å². The van der Waals surface area contributed by atoms with Gasteiger partial charge in [0.25, 0.3) is 5.91 Å². The minimum absolute atomic E-state index is 0. The number of nitrogens with one attached hydrogen (secondary N) is 2. The molecule has 0 aliphatic heterocycles. The lowest BCUT2D eigenvalue weighted by atomic mass is 9.94. The van der Waals surface area contributed by atoms with Crippen LogP contribution in [0.5, 0.6) is 0 Å². The van der Waals surface area contributed by atoms with Gasteiger partial charge in [-0.05, 0) is 30.2 Å². The van der Waals surface area contributed by atoms with E-state index in [1.54, 1.807) is 25.1 Å². The van der Waals surface area contributed by atoms with Gasteiger partial charge < -0.3 is 16.4 Å². The molecule has 2 aromatic rings. The van der Waals surface area contributed by atoms with Crippen LogP contribution >= 0.6 is 24.0 Å². The van der Waals surface area contributed by atoms with Crippen LogP contribution in [0, 0.1) is 5.92 Å². The van der Waals surface area contributed by atoms with Crippen molar-refractivity contribution < 1.29 is 9.59 Å². The molecule has 0 bridgehead atoms. The summed E-state index contributed by atoms with van der Waals surface area (Å²) in [5.41, 5.74) is 7.85. The zero-order valence-electron chi connectivity index (χ0n) is 15.4. The Bertz CT molecular complexity index is 769. The number of benzene rings is 2. The highest BCUT2D eigenvalue weighted by Crippen LogP contribution is 2.24. The van der Waals surface area contributed by atoms with Crippen LogP contribution in [-0.2, 0) is 4.79 Å². The SMILES string of the molecule is CCCNC(=O)c1ccc(Cl)cc1NC(=O)C(C)C(N)c1ccccc1.Cl. The molecule has 2 amide bonds. The summed E-state index contributed by atoms with van der Waals surface area (Å²) in [5.74, 6) is -1.00. The molecule has 2 atom stereocenters. The summed E-state index contributed by atoms with van der Waals surface area (Å²) in [6.07, 6.45) is 0.823. The molecule has 7 heteroatoms. The van der Waals surface area contributed by atoms with Gasteiger partial charge in [0.1, 0.15) is 0 Å². The molecule has 5 nitrogen and oxygen atoms in total. The number of hydrogen-bond acceptors (Lipinski definition) is 3. The van der Waals surface area contributed by atoms with Gasteiger partial charge in [-0.3, -0.25) is 9.59 Å². The van der Waals surface area contributed by atoms with E-state index in [4.69, 9.17) is 17.3 Å². The van der Waals surface area contributed by atoms with Gasteiger partial charge in [0, 0.05) is 17.6 Å². The van der Waals surface area contributed by atoms with E-state index in [1.165, 1.54) is 0 Å². The first-order chi connectivity index (χ1) is 12.4. The molecular formula is C20H25Cl2N3O2. The molecule has 0 aromatic heterocycles. The Hall–Kier alpha value is -2.08. The standard InChI is InChI=1S/C20H24ClN3O2.ClH/c1-3-11-23-20(26)16-10-9-15(21)12-17(16)24-19(25)13(2)18(22)14-7-5-4-6-8-14;/h4-10,12-13,18H,3,11,22H2,1-2H3,(H,23,26)(H,24,25);1H. The fourth-order valence-corrected chi connectivity index (χ4v) is 2.70. The molecule has 2 rings (SSSR count). The molecule has 27 heavy (non-hydrogen) atoms. The number of rotatable bonds is 7. The van der Waals surface area contributed by atoms with E-state index in [0.29, 0.717) is 22.8 Å². The summed E-state index contributed by atoms with van der Waals surface area (Å²) >= 11 is 6.04. The summed E-state index contributed by atoms with van der Waals surface area (Å²) in [4.78, 5) is 25.0. The summed E-state index contributed by atoms with van der Waals surface area (Å²) in [7, 11) is 0. The predicted molar refractivity (Wildman–Crippen MR) is 112 cm³/mol. The van der Waals surface area contributed by atoms with Crippen LogP contribution in [0.4, 0.5) is 5.69 Å². The van der Waals surface area contributed by atoms with Gasteiger partial charge in [0.2, 0.25) is 5.91 Å². The summed E-state index contributed by atoms with van der Waals surface area (Å²) in [6, 6.07) is 13.8. The fourth-order valence-electron chi connectivity index (χ4n) is 2.53. The Kier molecular flexibility index (Phi) is 9.29. The van der Waals surface area contributed by atoms with Gasteiger partial charge in [-0.15, -0.1) is 12.4 Å². The van der Waals surface area contributed by atoms with E-state index < -0.39 is 12.0 Å². The maximum absolute atomic E-state index is 12.7. The van der Waals surface area contributed by atoms with E-state index in [0.717, 1.165) is 12.0 Å². The van der Waals surface area contributed by atoms with Crippen LogP contribution in [0.1, 0.15) is 42.2 Å². The molecule has 0 spiro atoms. The number of carbonyl (C=O) groups excluding carboxylic acids is 2. The lowest BCUT2D eigenvalue weighted by Gasteiger charge is -2.21. The average Bonchev–Trinajstić information content (AvgIpc) is 2.65. The number of carbonyl (C=O) groups is 2. The number of hydrogen-bond donors (Lipinski definition) is 3. The van der Waals surface area contributed by atoms with E-state index in [1.807, 2.05) is 37.3 Å². The van der Waals surface area contributed by atoms with Crippen molar-refractivity contribution in [3.05, 3.63) is 64.7 Å². The molecule has 4 N–H and O–H groups in total. The maximum Gasteiger partial charge on any atom is 0.253 e. The van der Waals surface area contributed by atoms with Gasteiger partial charge in [-0.1, -0.05) is 55.8 Å².